The lowest BCUT2D eigenvalue weighted by Crippen LogP contribution is -2.57. The summed E-state index contributed by atoms with van der Waals surface area (Å²) in [6.45, 7) is 3.45. The average molecular weight is 362 g/mol. The highest BCUT2D eigenvalue weighted by Crippen LogP contribution is 2.61. The van der Waals surface area contributed by atoms with Crippen molar-refractivity contribution in [2.45, 2.75) is 70.4 Å². The van der Waals surface area contributed by atoms with E-state index in [0.29, 0.717) is 12.0 Å². The van der Waals surface area contributed by atoms with Gasteiger partial charge in [-0.3, -0.25) is 14.5 Å². The van der Waals surface area contributed by atoms with Crippen LogP contribution in [0.3, 0.4) is 0 Å². The Labute approximate surface area is 157 Å². The molecule has 4 saturated carbocycles. The number of carbonyl (C=O) groups is 2. The summed E-state index contributed by atoms with van der Waals surface area (Å²) >= 11 is 0. The van der Waals surface area contributed by atoms with E-state index in [-0.39, 0.29) is 23.9 Å². The van der Waals surface area contributed by atoms with Gasteiger partial charge in [0.25, 0.3) is 0 Å². The van der Waals surface area contributed by atoms with E-state index < -0.39 is 0 Å². The zero-order valence-corrected chi connectivity index (χ0v) is 16.7. The second-order valence-electron chi connectivity index (χ2n) is 9.93. The Morgan fingerprint density at radius 3 is 2.23 bits per heavy atom. The Morgan fingerprint density at radius 2 is 1.69 bits per heavy atom. The van der Waals surface area contributed by atoms with Crippen LogP contribution in [0.2, 0.25) is 0 Å². The lowest BCUT2D eigenvalue weighted by atomic mass is 9.48. The number of rotatable bonds is 5. The predicted molar refractivity (Wildman–Crippen MR) is 101 cm³/mol. The van der Waals surface area contributed by atoms with Gasteiger partial charge in [0.15, 0.2) is 0 Å². The van der Waals surface area contributed by atoms with Crippen molar-refractivity contribution in [1.29, 1.82) is 0 Å². The third-order valence-electron chi connectivity index (χ3n) is 7.82. The molecule has 146 valence electrons. The molecule has 5 rings (SSSR count). The van der Waals surface area contributed by atoms with E-state index in [1.165, 1.54) is 38.5 Å². The first-order valence-electron chi connectivity index (χ1n) is 10.6. The summed E-state index contributed by atoms with van der Waals surface area (Å²) in [5, 5.41) is 3.35. The van der Waals surface area contributed by atoms with Crippen molar-refractivity contribution < 1.29 is 9.59 Å². The monoisotopic (exact) mass is 361 g/mol. The number of carbonyl (C=O) groups excluding carboxylic acids is 2. The fourth-order valence-corrected chi connectivity index (χ4v) is 6.93. The summed E-state index contributed by atoms with van der Waals surface area (Å²) < 4.78 is 0. The average Bonchev–Trinajstić information content (AvgIpc) is 3.00. The van der Waals surface area contributed by atoms with Crippen molar-refractivity contribution in [2.24, 2.45) is 23.2 Å². The van der Waals surface area contributed by atoms with Crippen LogP contribution in [-0.4, -0.2) is 60.9 Å². The first kappa shape index (κ1) is 18.3. The molecule has 0 radical (unpaired) electrons. The Balaban J connectivity index is 1.35. The standard InChI is InChI=1S/C21H35N3O2/c1-14(21-10-15-7-16(11-21)9-17(8-15)12-21)22-19(25)13-24-6-4-5-18(24)20(26)23(2)3/h14-18H,4-13H2,1-3H3,(H,22,25)/t14-,15?,16?,17?,18+,21?/m0/s1. The second kappa shape index (κ2) is 6.81. The zero-order chi connectivity index (χ0) is 18.5. The van der Waals surface area contributed by atoms with E-state index in [4.69, 9.17) is 0 Å². The number of hydrogen-bond acceptors (Lipinski definition) is 3. The number of likely N-dealkylation sites (N-methyl/N-ethyl adjacent to an activating group) is 1. The molecule has 0 spiro atoms. The number of amides is 2. The minimum absolute atomic E-state index is 0.103. The van der Waals surface area contributed by atoms with Crippen LogP contribution in [0.1, 0.15) is 58.3 Å². The largest absolute Gasteiger partial charge is 0.352 e. The molecule has 0 aromatic rings. The van der Waals surface area contributed by atoms with Gasteiger partial charge in [-0.15, -0.1) is 0 Å². The van der Waals surface area contributed by atoms with Gasteiger partial charge >= 0.3 is 0 Å². The maximum atomic E-state index is 12.8. The van der Waals surface area contributed by atoms with Crippen LogP contribution in [-0.2, 0) is 9.59 Å². The Kier molecular flexibility index (Phi) is 4.79. The third kappa shape index (κ3) is 3.28. The molecule has 26 heavy (non-hydrogen) atoms. The molecule has 0 aromatic heterocycles. The summed E-state index contributed by atoms with van der Waals surface area (Å²) in [6, 6.07) is 0.139. The highest BCUT2D eigenvalue weighted by atomic mass is 16.2. The van der Waals surface area contributed by atoms with Crippen LogP contribution >= 0.6 is 0 Å². The van der Waals surface area contributed by atoms with Gasteiger partial charge in [-0.25, -0.2) is 0 Å². The number of nitrogens with one attached hydrogen (secondary N) is 1. The molecule has 0 aromatic carbocycles. The lowest BCUT2D eigenvalue weighted by Gasteiger charge is -2.59. The highest BCUT2D eigenvalue weighted by Gasteiger charge is 2.53. The van der Waals surface area contributed by atoms with E-state index in [0.717, 1.165) is 37.1 Å². The maximum absolute atomic E-state index is 12.8. The molecule has 1 N–H and O–H groups in total. The number of hydrogen-bond donors (Lipinski definition) is 1. The van der Waals surface area contributed by atoms with E-state index in [9.17, 15) is 9.59 Å². The van der Waals surface area contributed by atoms with Crippen LogP contribution in [0.25, 0.3) is 0 Å². The molecule has 5 nitrogen and oxygen atoms in total. The normalized spacial score (nSPS) is 39.8. The molecule has 1 heterocycles. The Bertz CT molecular complexity index is 538. The summed E-state index contributed by atoms with van der Waals surface area (Å²) in [7, 11) is 3.60. The van der Waals surface area contributed by atoms with Crippen LogP contribution in [0.4, 0.5) is 0 Å². The van der Waals surface area contributed by atoms with E-state index >= 15 is 0 Å². The van der Waals surface area contributed by atoms with E-state index in [1.807, 2.05) is 0 Å². The minimum Gasteiger partial charge on any atom is -0.352 e. The van der Waals surface area contributed by atoms with E-state index in [2.05, 4.69) is 17.1 Å². The SMILES string of the molecule is C[C@H](NC(=O)CN1CCC[C@@H]1C(=O)N(C)C)C12CC3CC(CC(C3)C1)C2. The molecule has 1 saturated heterocycles. The van der Waals surface area contributed by atoms with Crippen LogP contribution in [0.15, 0.2) is 0 Å². The second-order valence-corrected chi connectivity index (χ2v) is 9.93. The number of likely N-dealkylation sites (tertiary alicyclic amines) is 1. The van der Waals surface area contributed by atoms with E-state index in [1.54, 1.807) is 19.0 Å². The van der Waals surface area contributed by atoms with Crippen LogP contribution < -0.4 is 5.32 Å². The van der Waals surface area contributed by atoms with Crippen molar-refractivity contribution in [1.82, 2.24) is 15.1 Å². The maximum Gasteiger partial charge on any atom is 0.239 e. The van der Waals surface area contributed by atoms with Gasteiger partial charge in [-0.2, -0.15) is 0 Å². The molecule has 2 atom stereocenters. The first-order valence-corrected chi connectivity index (χ1v) is 10.6. The van der Waals surface area contributed by atoms with Gasteiger partial charge in [-0.1, -0.05) is 0 Å². The topological polar surface area (TPSA) is 52.7 Å². The number of nitrogens with zero attached hydrogens (tertiary/aromatic N) is 2. The van der Waals surface area contributed by atoms with Crippen molar-refractivity contribution in [3.63, 3.8) is 0 Å². The van der Waals surface area contributed by atoms with Gasteiger partial charge in [0.2, 0.25) is 11.8 Å². The van der Waals surface area contributed by atoms with Crippen molar-refractivity contribution in [3.8, 4) is 0 Å². The quantitative estimate of drug-likeness (QED) is 0.817. The fraction of sp³-hybridized carbons (Fsp3) is 0.905. The van der Waals surface area contributed by atoms with Gasteiger partial charge in [0.05, 0.1) is 12.6 Å². The fourth-order valence-electron chi connectivity index (χ4n) is 6.93. The minimum atomic E-state index is -0.120. The van der Waals surface area contributed by atoms with Crippen molar-refractivity contribution >= 4 is 11.8 Å². The Morgan fingerprint density at radius 1 is 1.12 bits per heavy atom. The highest BCUT2D eigenvalue weighted by molar-refractivity contribution is 5.83. The van der Waals surface area contributed by atoms with Gasteiger partial charge < -0.3 is 10.2 Å². The predicted octanol–water partition coefficient (Wildman–Crippen LogP) is 2.26. The molecular weight excluding hydrogens is 326 g/mol. The van der Waals surface area contributed by atoms with Crippen LogP contribution in [0.5, 0.6) is 0 Å². The molecule has 0 unspecified atom stereocenters. The summed E-state index contributed by atoms with van der Waals surface area (Å²) in [5.41, 5.74) is 0.342. The molecule has 1 aliphatic heterocycles. The molecular formula is C21H35N3O2. The lowest BCUT2D eigenvalue weighted by molar-refractivity contribution is -0.135. The zero-order valence-electron chi connectivity index (χ0n) is 16.7. The summed E-state index contributed by atoms with van der Waals surface area (Å²) in [6.07, 6.45) is 10.1. The third-order valence-corrected chi connectivity index (χ3v) is 7.82. The Hall–Kier alpha value is -1.10. The molecule has 5 fully saturated rings. The molecule has 5 aliphatic rings. The van der Waals surface area contributed by atoms with Crippen molar-refractivity contribution in [2.75, 3.05) is 27.2 Å². The molecule has 4 aliphatic carbocycles. The van der Waals surface area contributed by atoms with Crippen LogP contribution in [0, 0.1) is 23.2 Å². The molecule has 2 amide bonds. The summed E-state index contributed by atoms with van der Waals surface area (Å²) in [4.78, 5) is 28.8. The van der Waals surface area contributed by atoms with Crippen molar-refractivity contribution in [3.05, 3.63) is 0 Å². The smallest absolute Gasteiger partial charge is 0.239 e. The molecule has 4 bridgehead atoms. The first-order chi connectivity index (χ1) is 12.4. The van der Waals surface area contributed by atoms with Gasteiger partial charge in [0, 0.05) is 20.1 Å². The van der Waals surface area contributed by atoms with Gasteiger partial charge in [-0.05, 0) is 88.0 Å². The summed E-state index contributed by atoms with van der Waals surface area (Å²) in [5.74, 6) is 2.94. The molecule has 5 heteroatoms. The van der Waals surface area contributed by atoms with Gasteiger partial charge in [0.1, 0.15) is 0 Å².